The van der Waals surface area contributed by atoms with Gasteiger partial charge in [-0.2, -0.15) is 4.72 Å². The topological polar surface area (TPSA) is 84.5 Å². The number of ether oxygens (including phenoxy) is 1. The second kappa shape index (κ2) is 9.21. The highest BCUT2D eigenvalue weighted by Gasteiger charge is 2.28. The molecule has 0 saturated carbocycles. The molecule has 2 aromatic carbocycles. The third-order valence-corrected chi connectivity index (χ3v) is 5.33. The lowest BCUT2D eigenvalue weighted by molar-refractivity contribution is -0.124. The minimum absolute atomic E-state index is 0.0811. The van der Waals surface area contributed by atoms with Crippen molar-refractivity contribution in [2.45, 2.75) is 50.6 Å². The number of carbonyl (C=O) groups is 1. The molecule has 152 valence electrons. The van der Waals surface area contributed by atoms with Gasteiger partial charge in [-0.25, -0.2) is 8.42 Å². The van der Waals surface area contributed by atoms with Crippen molar-refractivity contribution in [2.24, 2.45) is 0 Å². The molecule has 0 bridgehead atoms. The summed E-state index contributed by atoms with van der Waals surface area (Å²) in [5, 5.41) is 2.85. The van der Waals surface area contributed by atoms with Gasteiger partial charge in [-0.1, -0.05) is 30.3 Å². The maximum Gasteiger partial charge on any atom is 0.241 e. The molecule has 1 atom stereocenters. The molecule has 7 heteroatoms. The zero-order chi connectivity index (χ0) is 20.8. The van der Waals surface area contributed by atoms with Crippen LogP contribution in [-0.4, -0.2) is 32.5 Å². The molecular weight excluding hydrogens is 376 g/mol. The number of carbonyl (C=O) groups excluding carboxylic acids is 1. The zero-order valence-corrected chi connectivity index (χ0v) is 17.5. The van der Waals surface area contributed by atoms with E-state index in [2.05, 4.69) is 10.0 Å². The summed E-state index contributed by atoms with van der Waals surface area (Å²) in [5.41, 5.74) is 0.391. The Labute approximate surface area is 167 Å². The lowest BCUT2D eigenvalue weighted by atomic mass is 10.0. The molecule has 0 fully saturated rings. The van der Waals surface area contributed by atoms with E-state index in [1.165, 1.54) is 12.1 Å². The van der Waals surface area contributed by atoms with E-state index in [-0.39, 0.29) is 17.2 Å². The maximum absolute atomic E-state index is 12.8. The van der Waals surface area contributed by atoms with Gasteiger partial charge in [0.2, 0.25) is 15.9 Å². The Balaban J connectivity index is 2.25. The third-order valence-electron chi connectivity index (χ3n) is 3.84. The molecule has 2 aromatic rings. The highest BCUT2D eigenvalue weighted by atomic mass is 32.2. The molecule has 2 N–H and O–H groups in total. The van der Waals surface area contributed by atoms with Crippen LogP contribution in [0.5, 0.6) is 5.75 Å². The van der Waals surface area contributed by atoms with Crippen LogP contribution < -0.4 is 14.8 Å². The first-order chi connectivity index (χ1) is 13.1. The molecule has 0 aromatic heterocycles. The Hall–Kier alpha value is -2.38. The van der Waals surface area contributed by atoms with Crippen molar-refractivity contribution < 1.29 is 17.9 Å². The van der Waals surface area contributed by atoms with Crippen molar-refractivity contribution in [1.29, 1.82) is 0 Å². The Morgan fingerprint density at radius 2 is 1.64 bits per heavy atom. The fraction of sp³-hybridized carbons (Fsp3) is 0.381. The van der Waals surface area contributed by atoms with E-state index < -0.39 is 21.6 Å². The van der Waals surface area contributed by atoms with Gasteiger partial charge >= 0.3 is 0 Å². The number of sulfonamides is 1. The van der Waals surface area contributed by atoms with Gasteiger partial charge in [-0.3, -0.25) is 4.79 Å². The molecule has 6 nitrogen and oxygen atoms in total. The number of nitrogens with one attached hydrogen (secondary N) is 2. The quantitative estimate of drug-likeness (QED) is 0.709. The molecule has 1 unspecified atom stereocenters. The van der Waals surface area contributed by atoms with Crippen LogP contribution in [0.15, 0.2) is 59.5 Å². The Morgan fingerprint density at radius 3 is 2.18 bits per heavy atom. The van der Waals surface area contributed by atoms with Crippen LogP contribution in [0.2, 0.25) is 0 Å². The second-order valence-corrected chi connectivity index (χ2v) is 9.22. The predicted octanol–water partition coefficient (Wildman–Crippen LogP) is 2.89. The lowest BCUT2D eigenvalue weighted by Gasteiger charge is -2.25. The first kappa shape index (κ1) is 21.9. The zero-order valence-electron chi connectivity index (χ0n) is 16.7. The standard InChI is InChI=1S/C21H28N2O4S/c1-5-27-17-11-13-18(14-12-17)28(25,26)23-19(20(24)22-21(2,3)4)15-16-9-7-6-8-10-16/h6-14,19,23H,5,15H2,1-4H3,(H,22,24). The first-order valence-corrected chi connectivity index (χ1v) is 10.7. The van der Waals surface area contributed by atoms with Crippen molar-refractivity contribution in [2.75, 3.05) is 6.61 Å². The number of amides is 1. The largest absolute Gasteiger partial charge is 0.494 e. The van der Waals surface area contributed by atoms with Gasteiger partial charge in [0.05, 0.1) is 11.5 Å². The van der Waals surface area contributed by atoms with Crippen LogP contribution in [0.25, 0.3) is 0 Å². The summed E-state index contributed by atoms with van der Waals surface area (Å²) < 4.78 is 33.6. The van der Waals surface area contributed by atoms with Crippen molar-refractivity contribution in [3.05, 3.63) is 60.2 Å². The number of rotatable bonds is 8. The average molecular weight is 405 g/mol. The highest BCUT2D eigenvalue weighted by Crippen LogP contribution is 2.17. The van der Waals surface area contributed by atoms with E-state index in [4.69, 9.17) is 4.74 Å². The van der Waals surface area contributed by atoms with Gasteiger partial charge < -0.3 is 10.1 Å². The summed E-state index contributed by atoms with van der Waals surface area (Å²) in [6.45, 7) is 7.91. The van der Waals surface area contributed by atoms with Crippen molar-refractivity contribution in [1.82, 2.24) is 10.0 Å². The molecule has 2 rings (SSSR count). The molecule has 0 heterocycles. The van der Waals surface area contributed by atoms with Crippen molar-refractivity contribution in [3.63, 3.8) is 0 Å². The molecule has 28 heavy (non-hydrogen) atoms. The highest BCUT2D eigenvalue weighted by molar-refractivity contribution is 7.89. The van der Waals surface area contributed by atoms with Gasteiger partial charge in [0.25, 0.3) is 0 Å². The van der Waals surface area contributed by atoms with Crippen LogP contribution in [0.4, 0.5) is 0 Å². The Bertz CT molecular complexity index is 873. The van der Waals surface area contributed by atoms with E-state index in [1.54, 1.807) is 12.1 Å². The van der Waals surface area contributed by atoms with Gasteiger partial charge in [-0.05, 0) is 63.9 Å². The maximum atomic E-state index is 12.8. The summed E-state index contributed by atoms with van der Waals surface area (Å²) in [5.74, 6) is 0.221. The van der Waals surface area contributed by atoms with Gasteiger partial charge in [0.1, 0.15) is 11.8 Å². The molecule has 1 amide bonds. The first-order valence-electron chi connectivity index (χ1n) is 9.22. The molecular formula is C21H28N2O4S. The molecule has 0 aliphatic carbocycles. The van der Waals surface area contributed by atoms with Gasteiger partial charge in [0.15, 0.2) is 0 Å². The molecule has 0 saturated heterocycles. The summed E-state index contributed by atoms with van der Waals surface area (Å²) >= 11 is 0. The van der Waals surface area contributed by atoms with Crippen LogP contribution in [0.3, 0.4) is 0 Å². The fourth-order valence-electron chi connectivity index (χ4n) is 2.63. The minimum Gasteiger partial charge on any atom is -0.494 e. The van der Waals surface area contributed by atoms with E-state index in [0.717, 1.165) is 5.56 Å². The van der Waals surface area contributed by atoms with Crippen molar-refractivity contribution >= 4 is 15.9 Å². The third kappa shape index (κ3) is 6.65. The minimum atomic E-state index is -3.88. The number of hydrogen-bond donors (Lipinski definition) is 2. The summed E-state index contributed by atoms with van der Waals surface area (Å²) in [4.78, 5) is 12.8. The summed E-state index contributed by atoms with van der Waals surface area (Å²) in [7, 11) is -3.88. The van der Waals surface area contributed by atoms with Crippen LogP contribution in [-0.2, 0) is 21.2 Å². The van der Waals surface area contributed by atoms with E-state index in [1.807, 2.05) is 58.0 Å². The fourth-order valence-corrected chi connectivity index (χ4v) is 3.83. The monoisotopic (exact) mass is 404 g/mol. The number of hydrogen-bond acceptors (Lipinski definition) is 4. The number of benzene rings is 2. The molecule has 0 spiro atoms. The smallest absolute Gasteiger partial charge is 0.241 e. The molecule has 0 aliphatic heterocycles. The predicted molar refractivity (Wildman–Crippen MR) is 110 cm³/mol. The van der Waals surface area contributed by atoms with Crippen LogP contribution in [0, 0.1) is 0 Å². The van der Waals surface area contributed by atoms with Crippen molar-refractivity contribution in [3.8, 4) is 5.75 Å². The van der Waals surface area contributed by atoms with E-state index >= 15 is 0 Å². The Kier molecular flexibility index (Phi) is 7.21. The van der Waals surface area contributed by atoms with E-state index in [9.17, 15) is 13.2 Å². The lowest BCUT2D eigenvalue weighted by Crippen LogP contribution is -2.52. The molecule has 0 radical (unpaired) electrons. The Morgan fingerprint density at radius 1 is 1.04 bits per heavy atom. The summed E-state index contributed by atoms with van der Waals surface area (Å²) in [6.07, 6.45) is 0.249. The average Bonchev–Trinajstić information content (AvgIpc) is 2.61. The van der Waals surface area contributed by atoms with Crippen LogP contribution >= 0.6 is 0 Å². The molecule has 0 aliphatic rings. The van der Waals surface area contributed by atoms with Crippen LogP contribution in [0.1, 0.15) is 33.3 Å². The summed E-state index contributed by atoms with van der Waals surface area (Å²) in [6, 6.07) is 14.5. The SMILES string of the molecule is CCOc1ccc(S(=O)(=O)NC(Cc2ccccc2)C(=O)NC(C)(C)C)cc1. The normalized spacial score (nSPS) is 13.0. The van der Waals surface area contributed by atoms with Gasteiger partial charge in [0, 0.05) is 5.54 Å². The van der Waals surface area contributed by atoms with Gasteiger partial charge in [-0.15, -0.1) is 0 Å². The van der Waals surface area contributed by atoms with E-state index in [0.29, 0.717) is 12.4 Å². The second-order valence-electron chi connectivity index (χ2n) is 7.51.